The summed E-state index contributed by atoms with van der Waals surface area (Å²) in [6.07, 6.45) is 1.74. The van der Waals surface area contributed by atoms with Gasteiger partial charge >= 0.3 is 0 Å². The number of para-hydroxylation sites is 2. The van der Waals surface area contributed by atoms with E-state index < -0.39 is 11.9 Å². The molecule has 5 rings (SSSR count). The first-order valence-corrected chi connectivity index (χ1v) is 10.5. The number of carbonyl (C=O) groups is 2. The third-order valence-corrected chi connectivity index (χ3v) is 5.96. The molecule has 0 saturated carbocycles. The number of imidazole rings is 1. The summed E-state index contributed by atoms with van der Waals surface area (Å²) in [6, 6.07) is 10.8. The average molecular weight is 443 g/mol. The summed E-state index contributed by atoms with van der Waals surface area (Å²) in [5.74, 6) is -0.589. The Balaban J connectivity index is 1.43. The van der Waals surface area contributed by atoms with Gasteiger partial charge < -0.3 is 10.1 Å². The number of ether oxygens (including phenoxy) is 1. The van der Waals surface area contributed by atoms with Crippen molar-refractivity contribution in [2.75, 3.05) is 23.4 Å². The second-order valence-electron chi connectivity index (χ2n) is 7.75. The first-order chi connectivity index (χ1) is 15.0. The van der Waals surface area contributed by atoms with Gasteiger partial charge in [-0.05, 0) is 43.2 Å². The number of amides is 2. The van der Waals surface area contributed by atoms with Crippen molar-refractivity contribution in [1.82, 2.24) is 9.55 Å². The first-order valence-electron chi connectivity index (χ1n) is 10.2. The van der Waals surface area contributed by atoms with Gasteiger partial charge in [0, 0.05) is 12.3 Å². The second kappa shape index (κ2) is 7.94. The van der Waals surface area contributed by atoms with E-state index >= 15 is 0 Å². The molecule has 160 valence electrons. The van der Waals surface area contributed by atoms with Crippen molar-refractivity contribution in [2.45, 2.75) is 31.4 Å². The molecule has 0 radical (unpaired) electrons. The number of rotatable bonds is 5. The van der Waals surface area contributed by atoms with E-state index in [-0.39, 0.29) is 29.4 Å². The summed E-state index contributed by atoms with van der Waals surface area (Å²) < 4.78 is 20.9. The van der Waals surface area contributed by atoms with Crippen LogP contribution in [-0.4, -0.2) is 40.6 Å². The minimum atomic E-state index is -0.722. The SMILES string of the molecule is O=C(C[C@@H]1C(=O)N(C[C@@H]2CCCO2)c2nc3ccccc3n21)Nc1ccc(F)c(Cl)c1. The number of hydrogen-bond acceptors (Lipinski definition) is 4. The Kier molecular flexibility index (Phi) is 5.11. The molecule has 2 amide bonds. The van der Waals surface area contributed by atoms with E-state index in [1.54, 1.807) is 4.90 Å². The number of nitrogens with zero attached hydrogens (tertiary/aromatic N) is 3. The minimum absolute atomic E-state index is 0.0360. The van der Waals surface area contributed by atoms with Gasteiger partial charge in [-0.1, -0.05) is 23.7 Å². The monoisotopic (exact) mass is 442 g/mol. The first kappa shape index (κ1) is 20.0. The molecule has 0 bridgehead atoms. The normalized spacial score (nSPS) is 20.5. The average Bonchev–Trinajstić information content (AvgIpc) is 3.45. The Morgan fingerprint density at radius 2 is 2.13 bits per heavy atom. The van der Waals surface area contributed by atoms with Crippen molar-refractivity contribution in [3.8, 4) is 0 Å². The quantitative estimate of drug-likeness (QED) is 0.649. The lowest BCUT2D eigenvalue weighted by molar-refractivity contribution is -0.124. The van der Waals surface area contributed by atoms with Gasteiger partial charge in [-0.2, -0.15) is 0 Å². The molecule has 0 spiro atoms. The maximum absolute atomic E-state index is 13.4. The van der Waals surface area contributed by atoms with Gasteiger partial charge in [0.2, 0.25) is 11.9 Å². The summed E-state index contributed by atoms with van der Waals surface area (Å²) in [4.78, 5) is 32.3. The van der Waals surface area contributed by atoms with Crippen LogP contribution >= 0.6 is 11.6 Å². The fourth-order valence-electron chi connectivity index (χ4n) is 4.22. The van der Waals surface area contributed by atoms with Crippen LogP contribution in [0.3, 0.4) is 0 Å². The molecule has 2 atom stereocenters. The lowest BCUT2D eigenvalue weighted by Crippen LogP contribution is -2.37. The van der Waals surface area contributed by atoms with Crippen LogP contribution in [0.1, 0.15) is 25.3 Å². The van der Waals surface area contributed by atoms with Crippen LogP contribution in [0.15, 0.2) is 42.5 Å². The van der Waals surface area contributed by atoms with E-state index in [0.29, 0.717) is 24.8 Å². The predicted octanol–water partition coefficient (Wildman–Crippen LogP) is 3.92. The number of nitrogens with one attached hydrogen (secondary N) is 1. The molecule has 2 aromatic carbocycles. The van der Waals surface area contributed by atoms with Crippen molar-refractivity contribution in [1.29, 1.82) is 0 Å². The molecule has 7 nitrogen and oxygen atoms in total. The van der Waals surface area contributed by atoms with Crippen LogP contribution in [-0.2, 0) is 14.3 Å². The smallest absolute Gasteiger partial charge is 0.253 e. The van der Waals surface area contributed by atoms with E-state index in [4.69, 9.17) is 16.3 Å². The Morgan fingerprint density at radius 3 is 2.90 bits per heavy atom. The molecule has 2 aliphatic heterocycles. The lowest BCUT2D eigenvalue weighted by atomic mass is 10.1. The molecule has 1 fully saturated rings. The standard InChI is InChI=1S/C22H20ClFN4O3/c23-15-10-13(7-8-16(15)24)25-20(29)11-19-21(30)27(12-14-4-3-9-31-14)22-26-17-5-1-2-6-18(17)28(19)22/h1-2,5-8,10,14,19H,3-4,9,11-12H2,(H,25,29)/t14-,19+/m0/s1. The molecule has 3 aromatic rings. The predicted molar refractivity (Wildman–Crippen MR) is 115 cm³/mol. The van der Waals surface area contributed by atoms with E-state index in [9.17, 15) is 14.0 Å². The molecule has 1 saturated heterocycles. The number of fused-ring (bicyclic) bond motifs is 3. The van der Waals surface area contributed by atoms with Gasteiger partial charge in [0.1, 0.15) is 11.9 Å². The van der Waals surface area contributed by atoms with Gasteiger partial charge in [-0.25, -0.2) is 9.37 Å². The van der Waals surface area contributed by atoms with Crippen LogP contribution in [0, 0.1) is 5.82 Å². The number of halogens is 2. The molecule has 0 unspecified atom stereocenters. The molecular formula is C22H20ClFN4O3. The zero-order valence-corrected chi connectivity index (χ0v) is 17.3. The van der Waals surface area contributed by atoms with Crippen LogP contribution < -0.4 is 10.2 Å². The molecule has 31 heavy (non-hydrogen) atoms. The van der Waals surface area contributed by atoms with Crippen LogP contribution in [0.2, 0.25) is 5.02 Å². The molecule has 1 aromatic heterocycles. The van der Waals surface area contributed by atoms with Crippen molar-refractivity contribution >= 4 is 46.1 Å². The van der Waals surface area contributed by atoms with Crippen LogP contribution in [0.4, 0.5) is 16.0 Å². The largest absolute Gasteiger partial charge is 0.376 e. The molecule has 0 aliphatic carbocycles. The van der Waals surface area contributed by atoms with Gasteiger partial charge in [0.25, 0.3) is 5.91 Å². The van der Waals surface area contributed by atoms with Crippen LogP contribution in [0.5, 0.6) is 0 Å². The number of aromatic nitrogens is 2. The maximum atomic E-state index is 13.4. The Hall–Kier alpha value is -2.97. The van der Waals surface area contributed by atoms with E-state index in [0.717, 1.165) is 23.9 Å². The summed E-state index contributed by atoms with van der Waals surface area (Å²) in [5.41, 5.74) is 1.93. The van der Waals surface area contributed by atoms with Crippen molar-refractivity contribution < 1.29 is 18.7 Å². The summed E-state index contributed by atoms with van der Waals surface area (Å²) >= 11 is 5.80. The molecule has 9 heteroatoms. The molecule has 1 N–H and O–H groups in total. The zero-order chi connectivity index (χ0) is 21.5. The van der Waals surface area contributed by atoms with E-state index in [2.05, 4.69) is 10.3 Å². The molecule has 3 heterocycles. The Bertz CT molecular complexity index is 1170. The van der Waals surface area contributed by atoms with Gasteiger partial charge in [-0.3, -0.25) is 19.1 Å². The Labute approximate surface area is 182 Å². The maximum Gasteiger partial charge on any atom is 0.253 e. The third kappa shape index (κ3) is 3.66. The minimum Gasteiger partial charge on any atom is -0.376 e. The second-order valence-corrected chi connectivity index (χ2v) is 8.16. The summed E-state index contributed by atoms with van der Waals surface area (Å²) in [6.45, 7) is 1.10. The number of carbonyl (C=O) groups excluding carboxylic acids is 2. The third-order valence-electron chi connectivity index (χ3n) is 5.67. The number of hydrogen-bond donors (Lipinski definition) is 1. The van der Waals surface area contributed by atoms with Crippen molar-refractivity contribution in [2.24, 2.45) is 0 Å². The van der Waals surface area contributed by atoms with Crippen LogP contribution in [0.25, 0.3) is 11.0 Å². The summed E-state index contributed by atoms with van der Waals surface area (Å²) in [7, 11) is 0. The van der Waals surface area contributed by atoms with Gasteiger partial charge in [0.15, 0.2) is 0 Å². The van der Waals surface area contributed by atoms with Gasteiger partial charge in [-0.15, -0.1) is 0 Å². The number of benzene rings is 2. The van der Waals surface area contributed by atoms with E-state index in [1.807, 2.05) is 28.8 Å². The summed E-state index contributed by atoms with van der Waals surface area (Å²) in [5, 5.41) is 2.61. The number of anilines is 2. The topological polar surface area (TPSA) is 76.5 Å². The molecule has 2 aliphatic rings. The fourth-order valence-corrected chi connectivity index (χ4v) is 4.40. The zero-order valence-electron chi connectivity index (χ0n) is 16.6. The molecular weight excluding hydrogens is 423 g/mol. The highest BCUT2D eigenvalue weighted by atomic mass is 35.5. The highest BCUT2D eigenvalue weighted by Gasteiger charge is 2.42. The highest BCUT2D eigenvalue weighted by Crippen LogP contribution is 2.37. The van der Waals surface area contributed by atoms with Crippen molar-refractivity contribution in [3.63, 3.8) is 0 Å². The fraction of sp³-hybridized carbons (Fsp3) is 0.318. The van der Waals surface area contributed by atoms with Crippen molar-refractivity contribution in [3.05, 3.63) is 53.3 Å². The Morgan fingerprint density at radius 1 is 1.29 bits per heavy atom. The highest BCUT2D eigenvalue weighted by molar-refractivity contribution is 6.31. The van der Waals surface area contributed by atoms with E-state index in [1.165, 1.54) is 18.2 Å². The van der Waals surface area contributed by atoms with Gasteiger partial charge in [0.05, 0.1) is 35.1 Å². The lowest BCUT2D eigenvalue weighted by Gasteiger charge is -2.19.